The van der Waals surface area contributed by atoms with Crippen molar-refractivity contribution in [3.05, 3.63) is 41.7 Å². The Morgan fingerprint density at radius 2 is 2.29 bits per heavy atom. The van der Waals surface area contributed by atoms with E-state index in [1.807, 2.05) is 12.1 Å². The highest BCUT2D eigenvalue weighted by atomic mass is 32.1. The van der Waals surface area contributed by atoms with E-state index in [0.29, 0.717) is 5.52 Å². The van der Waals surface area contributed by atoms with Crippen LogP contribution in [0.4, 0.5) is 0 Å². The Hall–Kier alpha value is -2.14. The normalized spacial score (nSPS) is 10.8. The fourth-order valence-corrected chi connectivity index (χ4v) is 2.45. The smallest absolute Gasteiger partial charge is 0.337 e. The maximum Gasteiger partial charge on any atom is 0.337 e. The highest BCUT2D eigenvalue weighted by Gasteiger charge is 2.12. The number of aromatic carboxylic acids is 1. The third-order valence-electron chi connectivity index (χ3n) is 2.61. The number of aromatic nitrogens is 2. The molecule has 5 heteroatoms. The van der Waals surface area contributed by atoms with Crippen molar-refractivity contribution < 1.29 is 9.90 Å². The molecule has 0 unspecified atom stereocenters. The number of carboxylic acid groups (broad SMARTS) is 1. The van der Waals surface area contributed by atoms with Gasteiger partial charge in [-0.3, -0.25) is 4.98 Å². The molecule has 0 spiro atoms. The van der Waals surface area contributed by atoms with E-state index >= 15 is 0 Å². The molecule has 2 N–H and O–H groups in total. The summed E-state index contributed by atoms with van der Waals surface area (Å²) >= 11 is 1.49. The summed E-state index contributed by atoms with van der Waals surface area (Å²) in [6.07, 6.45) is 3.48. The van der Waals surface area contributed by atoms with Gasteiger partial charge in [0, 0.05) is 17.8 Å². The quantitative estimate of drug-likeness (QED) is 0.728. The van der Waals surface area contributed by atoms with Gasteiger partial charge in [-0.15, -0.1) is 11.3 Å². The van der Waals surface area contributed by atoms with Crippen LogP contribution in [0.1, 0.15) is 10.4 Å². The van der Waals surface area contributed by atoms with E-state index in [1.165, 1.54) is 11.3 Å². The van der Waals surface area contributed by atoms with Crippen molar-refractivity contribution in [2.24, 2.45) is 0 Å². The van der Waals surface area contributed by atoms with E-state index in [2.05, 4.69) is 9.97 Å². The van der Waals surface area contributed by atoms with Crippen LogP contribution in [0.5, 0.6) is 0 Å². The molecular weight excluding hydrogens is 236 g/mol. The van der Waals surface area contributed by atoms with Gasteiger partial charge in [-0.2, -0.15) is 0 Å². The minimum Gasteiger partial charge on any atom is -0.478 e. The van der Waals surface area contributed by atoms with Crippen molar-refractivity contribution in [1.29, 1.82) is 0 Å². The molecule has 0 aliphatic heterocycles. The van der Waals surface area contributed by atoms with Crippen LogP contribution in [0.2, 0.25) is 0 Å². The number of carboxylic acids is 1. The minimum atomic E-state index is -0.927. The van der Waals surface area contributed by atoms with E-state index in [4.69, 9.17) is 0 Å². The zero-order valence-electron chi connectivity index (χ0n) is 8.68. The Morgan fingerprint density at radius 1 is 1.41 bits per heavy atom. The first-order valence-corrected chi connectivity index (χ1v) is 5.87. The summed E-state index contributed by atoms with van der Waals surface area (Å²) in [7, 11) is 0. The molecule has 0 atom stereocenters. The van der Waals surface area contributed by atoms with Crippen molar-refractivity contribution in [2.75, 3.05) is 0 Å². The number of rotatable bonds is 2. The molecule has 0 radical (unpaired) electrons. The van der Waals surface area contributed by atoms with Crippen molar-refractivity contribution in [3.63, 3.8) is 0 Å². The average Bonchev–Trinajstić information content (AvgIpc) is 2.98. The summed E-state index contributed by atoms with van der Waals surface area (Å²) in [6.45, 7) is 0. The van der Waals surface area contributed by atoms with Crippen LogP contribution < -0.4 is 0 Å². The Labute approximate surface area is 101 Å². The molecule has 0 aliphatic carbocycles. The molecule has 2 aromatic heterocycles. The number of aromatic amines is 1. The largest absolute Gasteiger partial charge is 0.478 e. The molecule has 0 saturated carbocycles. The number of thiazole rings is 1. The molecule has 3 rings (SSSR count). The second kappa shape index (κ2) is 3.71. The van der Waals surface area contributed by atoms with Gasteiger partial charge in [-0.05, 0) is 23.8 Å². The third kappa shape index (κ3) is 1.60. The number of carbonyl (C=O) groups is 1. The number of fused-ring (bicyclic) bond motifs is 1. The van der Waals surface area contributed by atoms with Gasteiger partial charge >= 0.3 is 5.97 Å². The Balaban J connectivity index is 2.31. The first kappa shape index (κ1) is 10.0. The number of benzene rings is 1. The molecule has 1 aromatic carbocycles. The maximum absolute atomic E-state index is 11.2. The van der Waals surface area contributed by atoms with E-state index in [0.717, 1.165) is 15.8 Å². The van der Waals surface area contributed by atoms with Crippen LogP contribution in [0.25, 0.3) is 21.3 Å². The lowest BCUT2D eigenvalue weighted by Gasteiger charge is -2.02. The number of nitrogens with zero attached hydrogens (tertiary/aromatic N) is 1. The molecule has 2 heterocycles. The van der Waals surface area contributed by atoms with Crippen LogP contribution in [-0.4, -0.2) is 21.0 Å². The van der Waals surface area contributed by atoms with Gasteiger partial charge in [0.1, 0.15) is 0 Å². The Kier molecular flexibility index (Phi) is 2.19. The summed E-state index contributed by atoms with van der Waals surface area (Å²) in [5, 5.41) is 10.1. The zero-order chi connectivity index (χ0) is 11.8. The van der Waals surface area contributed by atoms with Gasteiger partial charge in [0.15, 0.2) is 0 Å². The lowest BCUT2D eigenvalue weighted by Crippen LogP contribution is -1.97. The number of hydrogen-bond acceptors (Lipinski definition) is 3. The van der Waals surface area contributed by atoms with Crippen LogP contribution in [0.3, 0.4) is 0 Å². The topological polar surface area (TPSA) is 66.0 Å². The van der Waals surface area contributed by atoms with E-state index in [-0.39, 0.29) is 5.56 Å². The summed E-state index contributed by atoms with van der Waals surface area (Å²) in [4.78, 5) is 19.1. The van der Waals surface area contributed by atoms with Crippen molar-refractivity contribution in [2.45, 2.75) is 0 Å². The van der Waals surface area contributed by atoms with Crippen LogP contribution in [0.15, 0.2) is 36.1 Å². The molecule has 0 fully saturated rings. The molecule has 4 nitrogen and oxygen atoms in total. The molecule has 0 saturated heterocycles. The third-order valence-corrected chi connectivity index (χ3v) is 3.43. The summed E-state index contributed by atoms with van der Waals surface area (Å²) < 4.78 is 0. The fourth-order valence-electron chi connectivity index (χ4n) is 1.84. The minimum absolute atomic E-state index is 0.288. The standard InChI is InChI=1S/C12H8N2O2S/c15-12(16)9-4-8(10-5-13-6-17-10)3-7-1-2-14-11(7)9/h1-6,14H,(H,15,16). The van der Waals surface area contributed by atoms with Gasteiger partial charge in [0.25, 0.3) is 0 Å². The second-order valence-corrected chi connectivity index (χ2v) is 4.52. The van der Waals surface area contributed by atoms with Crippen LogP contribution in [-0.2, 0) is 0 Å². The number of H-pyrrole nitrogens is 1. The highest BCUT2D eigenvalue weighted by molar-refractivity contribution is 7.13. The predicted molar refractivity (Wildman–Crippen MR) is 66.4 cm³/mol. The summed E-state index contributed by atoms with van der Waals surface area (Å²) in [5.74, 6) is -0.927. The van der Waals surface area contributed by atoms with Crippen molar-refractivity contribution >= 4 is 28.2 Å². The molecule has 0 aliphatic rings. The molecule has 3 aromatic rings. The monoisotopic (exact) mass is 244 g/mol. The number of hydrogen-bond donors (Lipinski definition) is 2. The molecular formula is C12H8N2O2S. The predicted octanol–water partition coefficient (Wildman–Crippen LogP) is 2.99. The average molecular weight is 244 g/mol. The second-order valence-electron chi connectivity index (χ2n) is 3.64. The lowest BCUT2D eigenvalue weighted by atomic mass is 10.1. The van der Waals surface area contributed by atoms with Crippen molar-refractivity contribution in [1.82, 2.24) is 9.97 Å². The van der Waals surface area contributed by atoms with E-state index in [1.54, 1.807) is 24.0 Å². The highest BCUT2D eigenvalue weighted by Crippen LogP contribution is 2.29. The molecule has 84 valence electrons. The van der Waals surface area contributed by atoms with Crippen molar-refractivity contribution in [3.8, 4) is 10.4 Å². The van der Waals surface area contributed by atoms with Gasteiger partial charge in [0.2, 0.25) is 0 Å². The van der Waals surface area contributed by atoms with E-state index in [9.17, 15) is 9.90 Å². The zero-order valence-corrected chi connectivity index (χ0v) is 9.49. The van der Waals surface area contributed by atoms with Gasteiger partial charge < -0.3 is 10.1 Å². The van der Waals surface area contributed by atoms with Gasteiger partial charge in [-0.1, -0.05) is 0 Å². The summed E-state index contributed by atoms with van der Waals surface area (Å²) in [6, 6.07) is 5.51. The Morgan fingerprint density at radius 3 is 3.00 bits per heavy atom. The summed E-state index contributed by atoms with van der Waals surface area (Å²) in [5.41, 5.74) is 3.57. The fraction of sp³-hybridized carbons (Fsp3) is 0. The molecule has 0 amide bonds. The maximum atomic E-state index is 11.2. The molecule has 0 bridgehead atoms. The van der Waals surface area contributed by atoms with Crippen LogP contribution in [0, 0.1) is 0 Å². The van der Waals surface area contributed by atoms with Crippen LogP contribution >= 0.6 is 11.3 Å². The first-order valence-electron chi connectivity index (χ1n) is 4.99. The SMILES string of the molecule is O=C(O)c1cc(-c2cncs2)cc2cc[nH]c12. The Bertz CT molecular complexity index is 686. The van der Waals surface area contributed by atoms with Gasteiger partial charge in [-0.25, -0.2) is 4.79 Å². The van der Waals surface area contributed by atoms with Gasteiger partial charge in [0.05, 0.1) is 21.5 Å². The molecule has 17 heavy (non-hydrogen) atoms. The first-order chi connectivity index (χ1) is 8.25. The lowest BCUT2D eigenvalue weighted by molar-refractivity contribution is 0.0699. The van der Waals surface area contributed by atoms with E-state index < -0.39 is 5.97 Å². The number of nitrogens with one attached hydrogen (secondary N) is 1.